The van der Waals surface area contributed by atoms with Gasteiger partial charge in [-0.15, -0.1) is 0 Å². The zero-order valence-corrected chi connectivity index (χ0v) is 42.2. The topological polar surface area (TPSA) is 139 Å². The Bertz CT molecular complexity index is 2470. The summed E-state index contributed by atoms with van der Waals surface area (Å²) < 4.78 is 6.71. The van der Waals surface area contributed by atoms with Crippen molar-refractivity contribution in [3.63, 3.8) is 0 Å². The van der Waals surface area contributed by atoms with E-state index in [4.69, 9.17) is 19.3 Å². The lowest BCUT2D eigenvalue weighted by Gasteiger charge is -2.72. The molecule has 0 radical (unpaired) electrons. The number of H-pyrrole nitrogens is 1. The van der Waals surface area contributed by atoms with Gasteiger partial charge in [0, 0.05) is 18.4 Å². The molecule has 2 aromatic carbocycles. The molecule has 7 aliphatic rings. The Hall–Kier alpha value is -4.82. The van der Waals surface area contributed by atoms with Gasteiger partial charge in [-0.05, 0) is 151 Å². The van der Waals surface area contributed by atoms with Crippen molar-refractivity contribution in [3.05, 3.63) is 89.4 Å². The lowest BCUT2D eigenvalue weighted by atomic mass is 9.33. The van der Waals surface area contributed by atoms with Crippen LogP contribution in [0.1, 0.15) is 157 Å². The van der Waals surface area contributed by atoms with E-state index in [1.165, 1.54) is 11.1 Å². The van der Waals surface area contributed by atoms with Gasteiger partial charge in [-0.2, -0.15) is 9.59 Å². The minimum absolute atomic E-state index is 0.0179. The van der Waals surface area contributed by atoms with Gasteiger partial charge in [0.15, 0.2) is 5.78 Å². The van der Waals surface area contributed by atoms with E-state index in [1.807, 2.05) is 29.3 Å². The molecule has 2 N–H and O–H groups in total. The van der Waals surface area contributed by atoms with E-state index >= 15 is 0 Å². The normalized spacial score (nSPS) is 36.5. The molecule has 2 heterocycles. The summed E-state index contributed by atoms with van der Waals surface area (Å²) in [5.41, 5.74) is 4.93. The Kier molecular flexibility index (Phi) is 12.4. The van der Waals surface area contributed by atoms with Gasteiger partial charge in [-0.1, -0.05) is 123 Å². The number of carbonyl (C=O) groups excluding carboxylic acids is 5. The largest absolute Gasteiger partial charge is 0.462 e. The summed E-state index contributed by atoms with van der Waals surface area (Å²) in [6.45, 7) is 22.2. The molecule has 6 fully saturated rings. The zero-order valence-electron chi connectivity index (χ0n) is 42.2. The highest BCUT2D eigenvalue weighted by Gasteiger charge is 2.70. The van der Waals surface area contributed by atoms with E-state index in [0.29, 0.717) is 30.7 Å². The summed E-state index contributed by atoms with van der Waals surface area (Å²) in [5.74, 6) is 2.80. The first-order chi connectivity index (χ1) is 32.3. The predicted molar refractivity (Wildman–Crippen MR) is 261 cm³/mol. The lowest BCUT2D eigenvalue weighted by Crippen LogP contribution is -2.67. The highest BCUT2D eigenvalue weighted by atomic mass is 16.5. The Balaban J connectivity index is 0.00000188. The van der Waals surface area contributed by atoms with Gasteiger partial charge in [-0.3, -0.25) is 9.59 Å². The molecule has 10 nitrogen and oxygen atoms in total. The van der Waals surface area contributed by atoms with E-state index in [0.717, 1.165) is 99.7 Å². The number of ketones is 1. The molecule has 10 rings (SSSR count). The number of carbonyl (C=O) groups is 3. The fourth-order valence-electron chi connectivity index (χ4n) is 16.7. The van der Waals surface area contributed by atoms with Crippen LogP contribution in [0.25, 0.3) is 11.3 Å². The summed E-state index contributed by atoms with van der Waals surface area (Å²) in [4.78, 5) is 69.8. The van der Waals surface area contributed by atoms with E-state index in [2.05, 4.69) is 115 Å². The van der Waals surface area contributed by atoms with Crippen LogP contribution in [-0.4, -0.2) is 57.0 Å². The maximum absolute atomic E-state index is 14.8. The number of fused-ring (bicyclic) bond motifs is 7. The Morgan fingerprint density at radius 3 is 2.21 bits per heavy atom. The number of rotatable bonds is 8. The van der Waals surface area contributed by atoms with Crippen molar-refractivity contribution in [2.24, 2.45) is 62.6 Å². The van der Waals surface area contributed by atoms with Crippen molar-refractivity contribution in [2.75, 3.05) is 6.54 Å². The first-order valence-electron chi connectivity index (χ1n) is 26.0. The summed E-state index contributed by atoms with van der Waals surface area (Å²) in [5, 5.41) is 3.67. The second kappa shape index (κ2) is 17.5. The number of hydrogen-bond acceptors (Lipinski definition) is 7. The molecule has 0 unspecified atom stereocenters. The van der Waals surface area contributed by atoms with Crippen molar-refractivity contribution in [3.8, 4) is 11.3 Å². The van der Waals surface area contributed by atoms with Crippen LogP contribution >= 0.6 is 0 Å². The molecule has 68 heavy (non-hydrogen) atoms. The highest BCUT2D eigenvalue weighted by molar-refractivity contribution is 6.02. The number of nitrogens with zero attached hydrogens (tertiary/aromatic N) is 2. The summed E-state index contributed by atoms with van der Waals surface area (Å²) in [6.07, 6.45) is 14.3. The van der Waals surface area contributed by atoms with Crippen LogP contribution in [0.3, 0.4) is 0 Å². The maximum atomic E-state index is 14.8. The molecule has 0 spiro atoms. The molecule has 364 valence electrons. The molecule has 5 saturated carbocycles. The number of amides is 2. The minimum atomic E-state index is -0.658. The van der Waals surface area contributed by atoms with Crippen LogP contribution in [0.15, 0.2) is 78.0 Å². The van der Waals surface area contributed by atoms with Gasteiger partial charge < -0.3 is 19.9 Å². The number of nitrogens with one attached hydrogen (secondary N) is 2. The molecule has 2 amide bonds. The molecule has 0 bridgehead atoms. The predicted octanol–water partition coefficient (Wildman–Crippen LogP) is 11.9. The summed E-state index contributed by atoms with van der Waals surface area (Å²) in [7, 11) is 0. The maximum Gasteiger partial charge on any atom is 0.373 e. The lowest BCUT2D eigenvalue weighted by molar-refractivity contribution is -0.235. The number of Topliss-reactive ketones (excluding diaryl/α,β-unsaturated/α-hetero) is 1. The van der Waals surface area contributed by atoms with Crippen LogP contribution in [-0.2, 0) is 30.3 Å². The highest BCUT2D eigenvalue weighted by Crippen LogP contribution is 2.76. The second-order valence-corrected chi connectivity index (χ2v) is 24.5. The molecule has 3 aromatic rings. The molecule has 1 aliphatic heterocycles. The SMILES string of the molecule is CC(C)C1=C2[C@H]3CC[C@@H]4[C@@]5(C)CC[C@H](OC(=O)[C@H]6C[C@@H](Cc7ccccc7)C6(C)C)C(C)(C)[C@@H]5CC[C@@]4(C)[C@]3(C)CC[C@@]2(NC(=O)N2CCC[C@H]2c2ncc(-c3ccccc3)[nH]2)CC1=O.O=C=O. The van der Waals surface area contributed by atoms with Crippen LogP contribution in [0.4, 0.5) is 4.79 Å². The van der Waals surface area contributed by atoms with Gasteiger partial charge in [0.2, 0.25) is 0 Å². The van der Waals surface area contributed by atoms with Crippen molar-refractivity contribution in [2.45, 2.75) is 163 Å². The fourth-order valence-corrected chi connectivity index (χ4v) is 16.7. The van der Waals surface area contributed by atoms with Gasteiger partial charge in [0.25, 0.3) is 0 Å². The Morgan fingerprint density at radius 1 is 0.838 bits per heavy atom. The molecule has 11 atom stereocenters. The van der Waals surface area contributed by atoms with Crippen molar-refractivity contribution >= 4 is 23.9 Å². The number of allylic oxidation sites excluding steroid dienone is 1. The third kappa shape index (κ3) is 7.56. The van der Waals surface area contributed by atoms with Crippen molar-refractivity contribution in [1.82, 2.24) is 20.2 Å². The van der Waals surface area contributed by atoms with Gasteiger partial charge in [0.05, 0.1) is 29.4 Å². The third-order valence-electron chi connectivity index (χ3n) is 20.6. The number of aromatic amines is 1. The average molecular weight is 925 g/mol. The second-order valence-electron chi connectivity index (χ2n) is 24.5. The number of aromatic nitrogens is 2. The van der Waals surface area contributed by atoms with Crippen LogP contribution in [0.2, 0.25) is 0 Å². The Morgan fingerprint density at radius 2 is 1.53 bits per heavy atom. The van der Waals surface area contributed by atoms with Gasteiger partial charge in [-0.25, -0.2) is 9.78 Å². The molecular formula is C58H76N4O6. The smallest absolute Gasteiger partial charge is 0.373 e. The first kappa shape index (κ1) is 48.2. The summed E-state index contributed by atoms with van der Waals surface area (Å²) >= 11 is 0. The van der Waals surface area contributed by atoms with E-state index in [9.17, 15) is 14.4 Å². The van der Waals surface area contributed by atoms with Crippen LogP contribution in [0.5, 0.6) is 0 Å². The first-order valence-corrected chi connectivity index (χ1v) is 26.0. The van der Waals surface area contributed by atoms with Crippen LogP contribution in [0, 0.1) is 62.6 Å². The number of hydrogen-bond donors (Lipinski definition) is 2. The number of ether oxygens (including phenoxy) is 1. The van der Waals surface area contributed by atoms with Crippen molar-refractivity contribution < 1.29 is 28.7 Å². The molecule has 10 heteroatoms. The molecule has 6 aliphatic carbocycles. The number of benzene rings is 2. The number of imidazole rings is 1. The van der Waals surface area contributed by atoms with E-state index in [1.54, 1.807) is 0 Å². The number of likely N-dealkylation sites (tertiary alicyclic amines) is 1. The van der Waals surface area contributed by atoms with Crippen molar-refractivity contribution in [1.29, 1.82) is 0 Å². The average Bonchev–Trinajstić information content (AvgIpc) is 4.05. The van der Waals surface area contributed by atoms with Gasteiger partial charge in [0.1, 0.15) is 11.9 Å². The third-order valence-corrected chi connectivity index (χ3v) is 20.6. The van der Waals surface area contributed by atoms with Gasteiger partial charge >= 0.3 is 18.2 Å². The summed E-state index contributed by atoms with van der Waals surface area (Å²) in [6, 6.07) is 20.7. The van der Waals surface area contributed by atoms with Crippen LogP contribution < -0.4 is 5.32 Å². The number of urea groups is 1. The molecule has 1 saturated heterocycles. The van der Waals surface area contributed by atoms with E-state index < -0.39 is 5.54 Å². The number of esters is 1. The van der Waals surface area contributed by atoms with E-state index in [-0.39, 0.29) is 80.9 Å². The Labute approximate surface area is 404 Å². The molecule has 1 aromatic heterocycles. The zero-order chi connectivity index (χ0) is 48.6. The monoisotopic (exact) mass is 925 g/mol. The fraction of sp³-hybridized carbons (Fsp3) is 0.638. The quantitative estimate of drug-likeness (QED) is 0.215. The minimum Gasteiger partial charge on any atom is -0.462 e. The standard InChI is InChI=1S/C57H76N4O4.CO2/c1-35(2)47-43(62)33-57(60-51(64)61-30-16-21-42(61)49-58-34-41(59-49)37-19-14-11-15-20-37)29-28-55(8)39(48(47)57)22-23-45-54(7)26-25-46(53(5,6)44(54)24-27-56(45,55)9)65-50(63)40-32-38(52(40,3)4)31-36-17-12-10-13-18-36;2-1-3/h10-15,17-20,34-35,38-40,42,44-46H,16,21-33H2,1-9H3,(H,58,59)(H,60,64);/t38-,39-,40-,42+,44+,45-,46+,54+,55-,56-,57-;/m1./s1. The molecular weight excluding hydrogens is 849 g/mol.